The van der Waals surface area contributed by atoms with Crippen molar-refractivity contribution in [2.45, 2.75) is 61.6 Å². The smallest absolute Gasteiger partial charge is 0.329 e. The second kappa shape index (κ2) is 11.4. The number of carbonyl (C=O) groups is 1. The third-order valence-corrected chi connectivity index (χ3v) is 7.60. The van der Waals surface area contributed by atoms with E-state index in [1.807, 2.05) is 0 Å². The second-order valence-electron chi connectivity index (χ2n) is 9.37. The maximum Gasteiger partial charge on any atom is 0.329 e. The minimum Gasteiger partial charge on any atom is -0.480 e. The zero-order valence-corrected chi connectivity index (χ0v) is 21.4. The van der Waals surface area contributed by atoms with Crippen LogP contribution in [0.4, 0.5) is 14.6 Å². The standard InChI is InChI=1S/C24H28F2N6O5S/c1-2-5-38-24-28-22(27-17-8-14(17)12-3-4-15(25)16(26)6-12)21-23(29-24)32(31-30-21)18-7-13(37-19(18)9-33)10-36-11-20(34)35/h3-4,6,13-14,17-19,33H,2,5,7-11H2,1H3,(H,34,35)(H,27,28,29)/t13-,14+,17-,18-,19+/m1/s1. The van der Waals surface area contributed by atoms with E-state index in [-0.39, 0.29) is 25.2 Å². The highest BCUT2D eigenvalue weighted by atomic mass is 32.2. The molecule has 0 spiro atoms. The molecule has 2 aromatic heterocycles. The number of aliphatic hydroxyl groups is 1. The molecule has 2 aliphatic rings. The molecule has 0 amide bonds. The van der Waals surface area contributed by atoms with Gasteiger partial charge in [-0.25, -0.2) is 28.2 Å². The molecule has 0 bridgehead atoms. The maximum absolute atomic E-state index is 13.7. The molecule has 0 radical (unpaired) electrons. The largest absolute Gasteiger partial charge is 0.480 e. The summed E-state index contributed by atoms with van der Waals surface area (Å²) in [4.78, 5) is 20.1. The Balaban J connectivity index is 1.39. The third-order valence-electron chi connectivity index (χ3n) is 6.55. The fourth-order valence-corrected chi connectivity index (χ4v) is 5.35. The maximum atomic E-state index is 13.7. The van der Waals surface area contributed by atoms with E-state index in [0.29, 0.717) is 34.1 Å². The van der Waals surface area contributed by atoms with Crippen LogP contribution in [-0.4, -0.2) is 85.0 Å². The van der Waals surface area contributed by atoms with Crippen molar-refractivity contribution in [3.05, 3.63) is 35.4 Å². The van der Waals surface area contributed by atoms with E-state index in [1.165, 1.54) is 17.8 Å². The molecule has 3 heterocycles. The molecule has 5 atom stereocenters. The predicted molar refractivity (Wildman–Crippen MR) is 133 cm³/mol. The summed E-state index contributed by atoms with van der Waals surface area (Å²) in [5.74, 6) is -1.51. The van der Waals surface area contributed by atoms with Crippen molar-refractivity contribution in [1.82, 2.24) is 25.0 Å². The average molecular weight is 551 g/mol. The Kier molecular flexibility index (Phi) is 8.02. The first-order valence-corrected chi connectivity index (χ1v) is 13.4. The van der Waals surface area contributed by atoms with Crippen molar-refractivity contribution in [3.63, 3.8) is 0 Å². The summed E-state index contributed by atoms with van der Waals surface area (Å²) in [5.41, 5.74) is 1.63. The molecule has 1 aromatic carbocycles. The molecule has 1 saturated carbocycles. The number of fused-ring (bicyclic) bond motifs is 1. The summed E-state index contributed by atoms with van der Waals surface area (Å²) in [6.07, 6.45) is 1.05. The summed E-state index contributed by atoms with van der Waals surface area (Å²) >= 11 is 1.49. The van der Waals surface area contributed by atoms with Crippen LogP contribution < -0.4 is 5.32 Å². The highest BCUT2D eigenvalue weighted by Crippen LogP contribution is 2.44. The molecular formula is C24H28F2N6O5S. The van der Waals surface area contributed by atoms with Crippen LogP contribution in [0.25, 0.3) is 11.2 Å². The summed E-state index contributed by atoms with van der Waals surface area (Å²) in [7, 11) is 0. The summed E-state index contributed by atoms with van der Waals surface area (Å²) in [6, 6.07) is 3.51. The first-order valence-electron chi connectivity index (χ1n) is 12.4. The molecule has 14 heteroatoms. The second-order valence-corrected chi connectivity index (χ2v) is 10.4. The van der Waals surface area contributed by atoms with Crippen molar-refractivity contribution >= 4 is 34.7 Å². The molecule has 11 nitrogen and oxygen atoms in total. The molecule has 3 aromatic rings. The first kappa shape index (κ1) is 26.7. The topological polar surface area (TPSA) is 145 Å². The van der Waals surface area contributed by atoms with Crippen LogP contribution in [0.5, 0.6) is 0 Å². The van der Waals surface area contributed by atoms with Crippen LogP contribution in [0, 0.1) is 11.6 Å². The van der Waals surface area contributed by atoms with Gasteiger partial charge in [0.25, 0.3) is 0 Å². The van der Waals surface area contributed by atoms with Crippen molar-refractivity contribution in [2.75, 3.05) is 30.9 Å². The zero-order chi connectivity index (χ0) is 26.8. The lowest BCUT2D eigenvalue weighted by molar-refractivity contribution is -0.143. The van der Waals surface area contributed by atoms with Crippen molar-refractivity contribution < 1.29 is 33.3 Å². The molecule has 204 valence electrons. The molecular weight excluding hydrogens is 522 g/mol. The Morgan fingerprint density at radius 1 is 1.29 bits per heavy atom. The minimum atomic E-state index is -1.07. The van der Waals surface area contributed by atoms with E-state index in [0.717, 1.165) is 24.7 Å². The minimum absolute atomic E-state index is 0.00506. The third kappa shape index (κ3) is 5.72. The van der Waals surface area contributed by atoms with Gasteiger partial charge in [0.15, 0.2) is 33.8 Å². The van der Waals surface area contributed by atoms with Gasteiger partial charge in [-0.05, 0) is 30.5 Å². The van der Waals surface area contributed by atoms with E-state index in [4.69, 9.17) is 19.6 Å². The van der Waals surface area contributed by atoms with Crippen LogP contribution in [0.2, 0.25) is 0 Å². The van der Waals surface area contributed by atoms with Crippen LogP contribution in [0.1, 0.15) is 43.7 Å². The number of nitrogens with one attached hydrogen (secondary N) is 1. The first-order chi connectivity index (χ1) is 18.4. The highest BCUT2D eigenvalue weighted by Gasteiger charge is 2.41. The number of carboxylic acids is 1. The number of thioether (sulfide) groups is 1. The lowest BCUT2D eigenvalue weighted by Gasteiger charge is -2.16. The number of aliphatic carboxylic acids is 1. The number of hydrogen-bond acceptors (Lipinski definition) is 10. The number of carboxylic acid groups (broad SMARTS) is 1. The molecule has 0 unspecified atom stereocenters. The summed E-state index contributed by atoms with van der Waals surface area (Å²) < 4.78 is 39.8. The predicted octanol–water partition coefficient (Wildman–Crippen LogP) is 2.76. The number of benzene rings is 1. The lowest BCUT2D eigenvalue weighted by atomic mass is 10.1. The van der Waals surface area contributed by atoms with Gasteiger partial charge in [0, 0.05) is 24.1 Å². The Morgan fingerprint density at radius 2 is 2.13 bits per heavy atom. The molecule has 5 rings (SSSR count). The summed E-state index contributed by atoms with van der Waals surface area (Å²) in [6.45, 7) is 1.42. The van der Waals surface area contributed by atoms with Gasteiger partial charge >= 0.3 is 5.97 Å². The number of rotatable bonds is 12. The molecule has 2 fully saturated rings. The van der Waals surface area contributed by atoms with E-state index in [2.05, 4.69) is 27.5 Å². The monoisotopic (exact) mass is 550 g/mol. The highest BCUT2D eigenvalue weighted by molar-refractivity contribution is 7.99. The Morgan fingerprint density at radius 3 is 2.87 bits per heavy atom. The Hall–Kier alpha value is -2.94. The van der Waals surface area contributed by atoms with Gasteiger partial charge in [-0.1, -0.05) is 30.0 Å². The van der Waals surface area contributed by atoms with E-state index in [9.17, 15) is 18.7 Å². The fourth-order valence-electron chi connectivity index (χ4n) is 4.66. The molecule has 1 saturated heterocycles. The number of nitrogens with zero attached hydrogens (tertiary/aromatic N) is 5. The number of anilines is 1. The van der Waals surface area contributed by atoms with Gasteiger partial charge in [-0.2, -0.15) is 0 Å². The number of ether oxygens (including phenoxy) is 2. The Labute approximate surface area is 220 Å². The zero-order valence-electron chi connectivity index (χ0n) is 20.6. The lowest BCUT2D eigenvalue weighted by Crippen LogP contribution is -2.25. The van der Waals surface area contributed by atoms with Gasteiger partial charge < -0.3 is 25.0 Å². The van der Waals surface area contributed by atoms with Gasteiger partial charge in [-0.3, -0.25) is 0 Å². The Bertz CT molecular complexity index is 1310. The van der Waals surface area contributed by atoms with Crippen molar-refractivity contribution in [1.29, 1.82) is 0 Å². The van der Waals surface area contributed by atoms with Crippen LogP contribution in [0.3, 0.4) is 0 Å². The fraction of sp³-hybridized carbons (Fsp3) is 0.542. The van der Waals surface area contributed by atoms with Crippen LogP contribution in [-0.2, 0) is 14.3 Å². The van der Waals surface area contributed by atoms with Gasteiger partial charge in [0.05, 0.1) is 25.4 Å². The van der Waals surface area contributed by atoms with Gasteiger partial charge in [0.1, 0.15) is 12.7 Å². The SMILES string of the molecule is CCCSc1nc(N[C@@H]2C[C@H]2c2ccc(F)c(F)c2)c2nnn([C@@H]3C[C@H](COCC(=O)O)O[C@H]3CO)c2n1. The molecule has 3 N–H and O–H groups in total. The van der Waals surface area contributed by atoms with Crippen molar-refractivity contribution in [3.8, 4) is 0 Å². The number of aliphatic hydroxyl groups excluding tert-OH is 1. The number of halogens is 2. The average Bonchev–Trinajstić information content (AvgIpc) is 3.33. The van der Waals surface area contributed by atoms with E-state index < -0.39 is 42.5 Å². The molecule has 1 aliphatic carbocycles. The molecule has 38 heavy (non-hydrogen) atoms. The van der Waals surface area contributed by atoms with Crippen LogP contribution >= 0.6 is 11.8 Å². The van der Waals surface area contributed by atoms with Crippen LogP contribution in [0.15, 0.2) is 23.4 Å². The number of aromatic nitrogens is 5. The van der Waals surface area contributed by atoms with Gasteiger partial charge in [-0.15, -0.1) is 5.10 Å². The quantitative estimate of drug-likeness (QED) is 0.226. The normalized spacial score (nSPS) is 24.7. The van der Waals surface area contributed by atoms with Gasteiger partial charge in [0.2, 0.25) is 0 Å². The molecule has 1 aliphatic heterocycles. The summed E-state index contributed by atoms with van der Waals surface area (Å²) in [5, 5.41) is 31.3. The van der Waals surface area contributed by atoms with E-state index >= 15 is 0 Å². The van der Waals surface area contributed by atoms with E-state index in [1.54, 1.807) is 10.7 Å². The van der Waals surface area contributed by atoms with Crippen molar-refractivity contribution in [2.24, 2.45) is 0 Å². The number of hydrogen-bond donors (Lipinski definition) is 3.